The van der Waals surface area contributed by atoms with Gasteiger partial charge >= 0.3 is 7.12 Å². The second-order valence-electron chi connectivity index (χ2n) is 4.01. The number of nitrogens with zero attached hydrogens (tertiary/aromatic N) is 1. The van der Waals surface area contributed by atoms with E-state index in [1.54, 1.807) is 18.5 Å². The Labute approximate surface area is 104 Å². The van der Waals surface area contributed by atoms with Crippen LogP contribution >= 0.6 is 0 Å². The van der Waals surface area contributed by atoms with Gasteiger partial charge in [-0.2, -0.15) is 0 Å². The van der Waals surface area contributed by atoms with Crippen molar-refractivity contribution in [3.05, 3.63) is 48.8 Å². The van der Waals surface area contributed by atoms with Gasteiger partial charge < -0.3 is 14.5 Å². The van der Waals surface area contributed by atoms with E-state index in [1.807, 2.05) is 30.3 Å². The highest BCUT2D eigenvalue weighted by Gasteiger charge is 2.17. The molecule has 0 aliphatic heterocycles. The zero-order chi connectivity index (χ0) is 12.5. The molecule has 0 atom stereocenters. The highest BCUT2D eigenvalue weighted by Crippen LogP contribution is 2.23. The summed E-state index contributed by atoms with van der Waals surface area (Å²) in [5.41, 5.74) is 2.87. The minimum Gasteiger partial charge on any atom is -0.465 e. The Kier molecular flexibility index (Phi) is 2.62. The summed E-state index contributed by atoms with van der Waals surface area (Å²) in [7, 11) is -1.58. The number of rotatable bonds is 2. The molecule has 2 aromatic heterocycles. The van der Waals surface area contributed by atoms with E-state index in [4.69, 9.17) is 14.5 Å². The van der Waals surface area contributed by atoms with Crippen molar-refractivity contribution in [2.24, 2.45) is 0 Å². The van der Waals surface area contributed by atoms with Crippen molar-refractivity contribution in [3.8, 4) is 11.1 Å². The van der Waals surface area contributed by atoms with E-state index in [9.17, 15) is 0 Å². The SMILES string of the molecule is OB(O)c1cc2cc(-c3ccncc3)ccc2o1. The van der Waals surface area contributed by atoms with Gasteiger partial charge in [0.15, 0.2) is 0 Å². The third-order valence-electron chi connectivity index (χ3n) is 2.80. The van der Waals surface area contributed by atoms with E-state index in [0.29, 0.717) is 5.58 Å². The first-order valence-corrected chi connectivity index (χ1v) is 5.54. The van der Waals surface area contributed by atoms with Crippen molar-refractivity contribution >= 4 is 23.7 Å². The summed E-state index contributed by atoms with van der Waals surface area (Å²) in [6.07, 6.45) is 3.47. The molecule has 88 valence electrons. The molecule has 0 aliphatic rings. The Bertz CT molecular complexity index is 679. The topological polar surface area (TPSA) is 66.5 Å². The molecule has 0 aliphatic carbocycles. The number of aromatic nitrogens is 1. The van der Waals surface area contributed by atoms with Gasteiger partial charge in [-0.05, 0) is 41.5 Å². The first kappa shape index (κ1) is 11.0. The van der Waals surface area contributed by atoms with Crippen LogP contribution in [0.2, 0.25) is 0 Å². The van der Waals surface area contributed by atoms with Gasteiger partial charge in [0.05, 0.1) is 0 Å². The lowest BCUT2D eigenvalue weighted by atomic mass is 9.88. The number of fused-ring (bicyclic) bond motifs is 1. The number of hydrogen-bond donors (Lipinski definition) is 2. The lowest BCUT2D eigenvalue weighted by molar-refractivity contribution is 0.412. The Hall–Kier alpha value is -2.11. The molecular weight excluding hydrogens is 229 g/mol. The summed E-state index contributed by atoms with van der Waals surface area (Å²) in [5, 5.41) is 19.0. The van der Waals surface area contributed by atoms with Crippen LogP contribution in [0.1, 0.15) is 0 Å². The highest BCUT2D eigenvalue weighted by molar-refractivity contribution is 6.57. The Morgan fingerprint density at radius 1 is 0.944 bits per heavy atom. The minimum absolute atomic E-state index is 0.150. The maximum atomic E-state index is 9.06. The molecular formula is C13H10BNO3. The molecule has 3 rings (SSSR count). The third-order valence-corrected chi connectivity index (χ3v) is 2.80. The van der Waals surface area contributed by atoms with Gasteiger partial charge in [0.25, 0.3) is 0 Å². The van der Waals surface area contributed by atoms with E-state index >= 15 is 0 Å². The Morgan fingerprint density at radius 3 is 2.44 bits per heavy atom. The van der Waals surface area contributed by atoms with Crippen LogP contribution in [0, 0.1) is 0 Å². The molecule has 0 amide bonds. The van der Waals surface area contributed by atoms with Gasteiger partial charge in [0.2, 0.25) is 0 Å². The average Bonchev–Trinajstić information content (AvgIpc) is 2.82. The van der Waals surface area contributed by atoms with E-state index in [0.717, 1.165) is 16.5 Å². The number of pyridine rings is 1. The Morgan fingerprint density at radius 2 is 1.72 bits per heavy atom. The van der Waals surface area contributed by atoms with Crippen LogP contribution in [-0.4, -0.2) is 22.2 Å². The van der Waals surface area contributed by atoms with Gasteiger partial charge in [0.1, 0.15) is 11.2 Å². The van der Waals surface area contributed by atoms with E-state index < -0.39 is 7.12 Å². The summed E-state index contributed by atoms with van der Waals surface area (Å²) < 4.78 is 5.31. The first-order valence-electron chi connectivity index (χ1n) is 5.54. The molecule has 0 saturated heterocycles. The van der Waals surface area contributed by atoms with Gasteiger partial charge in [-0.15, -0.1) is 0 Å². The molecule has 4 nitrogen and oxygen atoms in total. The molecule has 0 saturated carbocycles. The Balaban J connectivity index is 2.11. The van der Waals surface area contributed by atoms with Crippen molar-refractivity contribution in [3.63, 3.8) is 0 Å². The lowest BCUT2D eigenvalue weighted by Crippen LogP contribution is -2.27. The fraction of sp³-hybridized carbons (Fsp3) is 0. The molecule has 2 heterocycles. The molecule has 0 radical (unpaired) electrons. The average molecular weight is 239 g/mol. The van der Waals surface area contributed by atoms with E-state index in [2.05, 4.69) is 4.98 Å². The fourth-order valence-corrected chi connectivity index (χ4v) is 1.92. The van der Waals surface area contributed by atoms with Crippen molar-refractivity contribution in [1.82, 2.24) is 4.98 Å². The third kappa shape index (κ3) is 1.90. The standard InChI is InChI=1S/C13H10BNO3/c16-14(17)13-8-11-7-10(1-2-12(11)18-13)9-3-5-15-6-4-9/h1-8,16-17H. The number of furan rings is 1. The lowest BCUT2D eigenvalue weighted by Gasteiger charge is -2.00. The predicted octanol–water partition coefficient (Wildman–Crippen LogP) is 1.17. The molecule has 3 aromatic rings. The molecule has 18 heavy (non-hydrogen) atoms. The zero-order valence-electron chi connectivity index (χ0n) is 9.45. The van der Waals surface area contributed by atoms with Crippen LogP contribution in [0.25, 0.3) is 22.1 Å². The summed E-state index contributed by atoms with van der Waals surface area (Å²) >= 11 is 0. The quantitative estimate of drug-likeness (QED) is 0.659. The summed E-state index contributed by atoms with van der Waals surface area (Å²) in [4.78, 5) is 3.98. The van der Waals surface area contributed by atoms with Crippen LogP contribution < -0.4 is 5.66 Å². The number of hydrogen-bond acceptors (Lipinski definition) is 4. The van der Waals surface area contributed by atoms with Gasteiger partial charge in [-0.25, -0.2) is 0 Å². The van der Waals surface area contributed by atoms with Crippen LogP contribution in [0.4, 0.5) is 0 Å². The van der Waals surface area contributed by atoms with Crippen molar-refractivity contribution in [2.75, 3.05) is 0 Å². The maximum Gasteiger partial charge on any atom is 0.526 e. The predicted molar refractivity (Wildman–Crippen MR) is 69.3 cm³/mol. The van der Waals surface area contributed by atoms with Crippen molar-refractivity contribution in [1.29, 1.82) is 0 Å². The highest BCUT2D eigenvalue weighted by atomic mass is 16.4. The van der Waals surface area contributed by atoms with Gasteiger partial charge in [-0.3, -0.25) is 4.98 Å². The van der Waals surface area contributed by atoms with Crippen molar-refractivity contribution < 1.29 is 14.5 Å². The second-order valence-corrected chi connectivity index (χ2v) is 4.01. The molecule has 0 spiro atoms. The maximum absolute atomic E-state index is 9.06. The van der Waals surface area contributed by atoms with E-state index in [-0.39, 0.29) is 5.66 Å². The van der Waals surface area contributed by atoms with Crippen molar-refractivity contribution in [2.45, 2.75) is 0 Å². The monoisotopic (exact) mass is 239 g/mol. The zero-order valence-corrected chi connectivity index (χ0v) is 9.45. The summed E-state index contributed by atoms with van der Waals surface area (Å²) in [5.74, 6) is 0. The second kappa shape index (κ2) is 4.29. The van der Waals surface area contributed by atoms with Crippen LogP contribution in [0.5, 0.6) is 0 Å². The molecule has 5 heteroatoms. The van der Waals surface area contributed by atoms with Crippen LogP contribution in [0.15, 0.2) is 53.2 Å². The minimum atomic E-state index is -1.58. The molecule has 0 bridgehead atoms. The molecule has 0 unspecified atom stereocenters. The number of benzene rings is 1. The van der Waals surface area contributed by atoms with Gasteiger partial charge in [0, 0.05) is 17.8 Å². The smallest absolute Gasteiger partial charge is 0.465 e. The van der Waals surface area contributed by atoms with E-state index in [1.165, 1.54) is 0 Å². The summed E-state index contributed by atoms with van der Waals surface area (Å²) in [6, 6.07) is 11.2. The van der Waals surface area contributed by atoms with Gasteiger partial charge in [-0.1, -0.05) is 6.07 Å². The summed E-state index contributed by atoms with van der Waals surface area (Å²) in [6.45, 7) is 0. The fourth-order valence-electron chi connectivity index (χ4n) is 1.92. The first-order chi connectivity index (χ1) is 8.74. The molecule has 0 fully saturated rings. The van der Waals surface area contributed by atoms with Crippen LogP contribution in [-0.2, 0) is 0 Å². The van der Waals surface area contributed by atoms with Crippen LogP contribution in [0.3, 0.4) is 0 Å². The normalized spacial score (nSPS) is 10.8. The molecule has 2 N–H and O–H groups in total. The molecule has 1 aromatic carbocycles. The largest absolute Gasteiger partial charge is 0.526 e.